The average Bonchev–Trinajstić information content (AvgIpc) is 2.29. The van der Waals surface area contributed by atoms with Gasteiger partial charge >= 0.3 is 0 Å². The first-order valence-electron chi connectivity index (χ1n) is 6.32. The molecule has 0 aromatic carbocycles. The third kappa shape index (κ3) is 4.21. The highest BCUT2D eigenvalue weighted by Gasteiger charge is 2.33. The molecule has 0 spiro atoms. The van der Waals surface area contributed by atoms with Gasteiger partial charge in [0, 0.05) is 25.2 Å². The average molecular weight is 264 g/mol. The van der Waals surface area contributed by atoms with E-state index in [1.165, 1.54) is 0 Å². The van der Waals surface area contributed by atoms with E-state index in [1.807, 2.05) is 13.8 Å². The molecule has 0 aromatic rings. The lowest BCUT2D eigenvalue weighted by atomic mass is 10.00. The standard InChI is InChI=1S/C11H24N2O3S/c1-3-16-8-9-17(14,15)13-7-5-4-6-11(13)10(2)12/h10-11H,3-9,12H2,1-2H3. The van der Waals surface area contributed by atoms with E-state index in [4.69, 9.17) is 10.5 Å². The van der Waals surface area contributed by atoms with E-state index < -0.39 is 10.0 Å². The SMILES string of the molecule is CCOCCS(=O)(=O)N1CCCCC1C(C)N. The summed E-state index contributed by atoms with van der Waals surface area (Å²) in [5.74, 6) is 0.0596. The van der Waals surface area contributed by atoms with E-state index >= 15 is 0 Å². The van der Waals surface area contributed by atoms with E-state index in [2.05, 4.69) is 0 Å². The smallest absolute Gasteiger partial charge is 0.216 e. The highest BCUT2D eigenvalue weighted by Crippen LogP contribution is 2.22. The Balaban J connectivity index is 2.66. The molecule has 0 aromatic heterocycles. The Morgan fingerprint density at radius 1 is 1.47 bits per heavy atom. The second-order valence-electron chi connectivity index (χ2n) is 4.55. The fourth-order valence-corrected chi connectivity index (χ4v) is 3.91. The van der Waals surface area contributed by atoms with Crippen molar-refractivity contribution in [2.24, 2.45) is 5.73 Å². The van der Waals surface area contributed by atoms with Crippen molar-refractivity contribution in [2.75, 3.05) is 25.5 Å². The van der Waals surface area contributed by atoms with Gasteiger partial charge in [0.2, 0.25) is 10.0 Å². The Labute approximate surface area is 104 Å². The highest BCUT2D eigenvalue weighted by molar-refractivity contribution is 7.89. The lowest BCUT2D eigenvalue weighted by molar-refractivity contribution is 0.160. The van der Waals surface area contributed by atoms with Crippen molar-refractivity contribution in [3.8, 4) is 0 Å². The predicted octanol–water partition coefficient (Wildman–Crippen LogP) is 0.554. The van der Waals surface area contributed by atoms with Gasteiger partial charge in [0.25, 0.3) is 0 Å². The number of ether oxygens (including phenoxy) is 1. The summed E-state index contributed by atoms with van der Waals surface area (Å²) in [6, 6.07) is -0.160. The van der Waals surface area contributed by atoms with Crippen molar-refractivity contribution in [3.05, 3.63) is 0 Å². The van der Waals surface area contributed by atoms with Gasteiger partial charge in [-0.2, -0.15) is 4.31 Å². The maximum Gasteiger partial charge on any atom is 0.216 e. The number of sulfonamides is 1. The molecule has 2 N–H and O–H groups in total. The summed E-state index contributed by atoms with van der Waals surface area (Å²) in [5, 5.41) is 0. The predicted molar refractivity (Wildman–Crippen MR) is 68.3 cm³/mol. The molecule has 1 fully saturated rings. The van der Waals surface area contributed by atoms with Gasteiger partial charge in [-0.3, -0.25) is 0 Å². The minimum atomic E-state index is -3.22. The van der Waals surface area contributed by atoms with Crippen LogP contribution in [0.2, 0.25) is 0 Å². The number of nitrogens with zero attached hydrogens (tertiary/aromatic N) is 1. The molecule has 0 aliphatic carbocycles. The van der Waals surface area contributed by atoms with Crippen LogP contribution in [-0.2, 0) is 14.8 Å². The Bertz CT molecular complexity index is 317. The van der Waals surface area contributed by atoms with Crippen molar-refractivity contribution in [2.45, 2.75) is 45.2 Å². The largest absolute Gasteiger partial charge is 0.381 e. The number of hydrogen-bond acceptors (Lipinski definition) is 4. The van der Waals surface area contributed by atoms with Crippen LogP contribution in [0.5, 0.6) is 0 Å². The van der Waals surface area contributed by atoms with Gasteiger partial charge in [0.05, 0.1) is 12.4 Å². The summed E-state index contributed by atoms with van der Waals surface area (Å²) in [6.45, 7) is 5.15. The monoisotopic (exact) mass is 264 g/mol. The zero-order valence-corrected chi connectivity index (χ0v) is 11.6. The molecule has 6 heteroatoms. The maximum absolute atomic E-state index is 12.2. The van der Waals surface area contributed by atoms with Crippen molar-refractivity contribution >= 4 is 10.0 Å². The molecule has 1 heterocycles. The molecule has 0 amide bonds. The van der Waals surface area contributed by atoms with Crippen LogP contribution in [0.15, 0.2) is 0 Å². The Hall–Kier alpha value is -0.170. The Kier molecular flexibility index (Phi) is 5.85. The lowest BCUT2D eigenvalue weighted by Gasteiger charge is -2.36. The van der Waals surface area contributed by atoms with E-state index in [0.717, 1.165) is 19.3 Å². The van der Waals surface area contributed by atoms with Crippen LogP contribution < -0.4 is 5.73 Å². The van der Waals surface area contributed by atoms with E-state index in [1.54, 1.807) is 4.31 Å². The van der Waals surface area contributed by atoms with Crippen LogP contribution in [-0.4, -0.2) is 50.3 Å². The molecule has 102 valence electrons. The third-order valence-electron chi connectivity index (χ3n) is 3.15. The second kappa shape index (κ2) is 6.68. The number of nitrogens with two attached hydrogens (primary N) is 1. The molecule has 2 unspecified atom stereocenters. The van der Waals surface area contributed by atoms with Crippen LogP contribution in [0.3, 0.4) is 0 Å². The van der Waals surface area contributed by atoms with E-state index in [0.29, 0.717) is 13.2 Å². The lowest BCUT2D eigenvalue weighted by Crippen LogP contribution is -2.52. The topological polar surface area (TPSA) is 72.6 Å². The summed E-state index contributed by atoms with van der Waals surface area (Å²) in [4.78, 5) is 0. The fourth-order valence-electron chi connectivity index (χ4n) is 2.23. The summed E-state index contributed by atoms with van der Waals surface area (Å²) in [6.07, 6.45) is 2.85. The molecule has 5 nitrogen and oxygen atoms in total. The van der Waals surface area contributed by atoms with Crippen molar-refractivity contribution < 1.29 is 13.2 Å². The number of rotatable bonds is 6. The summed E-state index contributed by atoms with van der Waals surface area (Å²) in [5.41, 5.74) is 5.87. The van der Waals surface area contributed by atoms with Gasteiger partial charge in [-0.15, -0.1) is 0 Å². The van der Waals surface area contributed by atoms with Crippen molar-refractivity contribution in [3.63, 3.8) is 0 Å². The number of piperidine rings is 1. The van der Waals surface area contributed by atoms with Crippen LogP contribution in [0.4, 0.5) is 0 Å². The van der Waals surface area contributed by atoms with Crippen LogP contribution >= 0.6 is 0 Å². The Morgan fingerprint density at radius 3 is 2.76 bits per heavy atom. The minimum Gasteiger partial charge on any atom is -0.381 e. The van der Waals surface area contributed by atoms with Gasteiger partial charge in [-0.1, -0.05) is 6.42 Å². The molecular weight excluding hydrogens is 240 g/mol. The van der Waals surface area contributed by atoms with E-state index in [9.17, 15) is 8.42 Å². The molecular formula is C11H24N2O3S. The molecule has 0 saturated carbocycles. The second-order valence-corrected chi connectivity index (χ2v) is 6.59. The number of hydrogen-bond donors (Lipinski definition) is 1. The van der Waals surface area contributed by atoms with Crippen molar-refractivity contribution in [1.82, 2.24) is 4.31 Å². The fraction of sp³-hybridized carbons (Fsp3) is 1.00. The van der Waals surface area contributed by atoms with Gasteiger partial charge in [0.1, 0.15) is 0 Å². The van der Waals surface area contributed by atoms with Crippen LogP contribution in [0.1, 0.15) is 33.1 Å². The molecule has 1 saturated heterocycles. The molecule has 1 aliphatic heterocycles. The summed E-state index contributed by atoms with van der Waals surface area (Å²) < 4.78 is 31.0. The maximum atomic E-state index is 12.2. The van der Waals surface area contributed by atoms with Crippen LogP contribution in [0, 0.1) is 0 Å². The first kappa shape index (κ1) is 14.9. The highest BCUT2D eigenvalue weighted by atomic mass is 32.2. The van der Waals surface area contributed by atoms with Gasteiger partial charge in [0.15, 0.2) is 0 Å². The van der Waals surface area contributed by atoms with Gasteiger partial charge in [-0.05, 0) is 26.7 Å². The molecule has 1 aliphatic rings. The quantitative estimate of drug-likeness (QED) is 0.711. The third-order valence-corrected chi connectivity index (χ3v) is 5.00. The normalized spacial score (nSPS) is 24.8. The first-order chi connectivity index (χ1) is 7.99. The summed E-state index contributed by atoms with van der Waals surface area (Å²) in [7, 11) is -3.22. The molecule has 0 bridgehead atoms. The zero-order valence-electron chi connectivity index (χ0n) is 10.8. The summed E-state index contributed by atoms with van der Waals surface area (Å²) >= 11 is 0. The van der Waals surface area contributed by atoms with E-state index in [-0.39, 0.29) is 24.4 Å². The zero-order chi connectivity index (χ0) is 12.9. The van der Waals surface area contributed by atoms with Crippen LogP contribution in [0.25, 0.3) is 0 Å². The minimum absolute atomic E-state index is 0.0459. The van der Waals surface area contributed by atoms with Crippen molar-refractivity contribution in [1.29, 1.82) is 0 Å². The molecule has 0 radical (unpaired) electrons. The molecule has 2 atom stereocenters. The Morgan fingerprint density at radius 2 is 2.18 bits per heavy atom. The first-order valence-corrected chi connectivity index (χ1v) is 7.92. The van der Waals surface area contributed by atoms with Gasteiger partial charge in [-0.25, -0.2) is 8.42 Å². The molecule has 17 heavy (non-hydrogen) atoms. The van der Waals surface area contributed by atoms with Gasteiger partial charge < -0.3 is 10.5 Å². The molecule has 1 rings (SSSR count).